The second kappa shape index (κ2) is 5.79. The van der Waals surface area contributed by atoms with E-state index in [0.29, 0.717) is 5.82 Å². The van der Waals surface area contributed by atoms with Crippen LogP contribution in [-0.4, -0.2) is 51.9 Å². The number of H-pyrrole nitrogens is 1. The molecule has 0 aromatic carbocycles. The largest absolute Gasteiger partial charge is 0.479 e. The van der Waals surface area contributed by atoms with Crippen molar-refractivity contribution in [3.8, 4) is 0 Å². The number of aliphatic carboxylic acids is 1. The zero-order valence-corrected chi connectivity index (χ0v) is 11.4. The molecule has 0 spiro atoms. The Kier molecular flexibility index (Phi) is 4.60. The Labute approximate surface area is 110 Å². The number of carboxylic acids is 1. The van der Waals surface area contributed by atoms with E-state index in [9.17, 15) is 9.59 Å². The third kappa shape index (κ3) is 4.02. The summed E-state index contributed by atoms with van der Waals surface area (Å²) < 4.78 is 4.69. The van der Waals surface area contributed by atoms with Gasteiger partial charge in [-0.15, -0.1) is 5.10 Å². The molecule has 8 heteroatoms. The number of ether oxygens (including phenoxy) is 1. The van der Waals surface area contributed by atoms with Crippen molar-refractivity contribution in [1.82, 2.24) is 20.5 Å². The summed E-state index contributed by atoms with van der Waals surface area (Å²) in [7, 11) is 1.26. The SMILES string of the molecule is COC(CNC(=O)c1n[nH]c(C(C)(C)C)n1)C(=O)O. The molecule has 0 saturated carbocycles. The standard InChI is InChI=1S/C11H18N4O4/c1-11(2,3)10-13-7(14-15-10)8(16)12-5-6(19-4)9(17)18/h6H,5H2,1-4H3,(H,12,16)(H,17,18)(H,13,14,15). The van der Waals surface area contributed by atoms with E-state index >= 15 is 0 Å². The Morgan fingerprint density at radius 1 is 1.47 bits per heavy atom. The Morgan fingerprint density at radius 3 is 2.53 bits per heavy atom. The van der Waals surface area contributed by atoms with E-state index < -0.39 is 18.0 Å². The molecular formula is C11H18N4O4. The fourth-order valence-electron chi connectivity index (χ4n) is 1.23. The fraction of sp³-hybridized carbons (Fsp3) is 0.636. The van der Waals surface area contributed by atoms with Crippen LogP contribution in [0.25, 0.3) is 0 Å². The number of rotatable bonds is 5. The van der Waals surface area contributed by atoms with Crippen LogP contribution in [0.1, 0.15) is 37.2 Å². The van der Waals surface area contributed by atoms with Gasteiger partial charge in [-0.25, -0.2) is 9.78 Å². The highest BCUT2D eigenvalue weighted by Gasteiger charge is 2.22. The van der Waals surface area contributed by atoms with Crippen LogP contribution in [0.3, 0.4) is 0 Å². The average Bonchev–Trinajstić information content (AvgIpc) is 2.77. The van der Waals surface area contributed by atoms with Crippen LogP contribution in [0.5, 0.6) is 0 Å². The molecule has 0 fully saturated rings. The van der Waals surface area contributed by atoms with Crippen LogP contribution in [-0.2, 0) is 14.9 Å². The number of aromatic amines is 1. The molecule has 3 N–H and O–H groups in total. The fourth-order valence-corrected chi connectivity index (χ4v) is 1.23. The first-order valence-electron chi connectivity index (χ1n) is 5.72. The number of amides is 1. The summed E-state index contributed by atoms with van der Waals surface area (Å²) >= 11 is 0. The van der Waals surface area contributed by atoms with Gasteiger partial charge >= 0.3 is 5.97 Å². The molecule has 0 aliphatic carbocycles. The lowest BCUT2D eigenvalue weighted by Crippen LogP contribution is -2.38. The van der Waals surface area contributed by atoms with Gasteiger partial charge in [-0.1, -0.05) is 20.8 Å². The minimum atomic E-state index is -1.15. The number of carbonyl (C=O) groups excluding carboxylic acids is 1. The van der Waals surface area contributed by atoms with Crippen LogP contribution in [0.15, 0.2) is 0 Å². The Hall–Kier alpha value is -1.96. The summed E-state index contributed by atoms with van der Waals surface area (Å²) in [4.78, 5) is 26.5. The highest BCUT2D eigenvalue weighted by atomic mass is 16.5. The lowest BCUT2D eigenvalue weighted by Gasteiger charge is -2.13. The van der Waals surface area contributed by atoms with Gasteiger partial charge in [0.15, 0.2) is 6.10 Å². The molecule has 0 radical (unpaired) electrons. The van der Waals surface area contributed by atoms with Gasteiger partial charge in [-0.3, -0.25) is 9.89 Å². The number of aromatic nitrogens is 3. The highest BCUT2D eigenvalue weighted by Crippen LogP contribution is 2.17. The summed E-state index contributed by atoms with van der Waals surface area (Å²) in [5, 5.41) is 17.6. The molecule has 0 aliphatic rings. The number of hydrogen-bond donors (Lipinski definition) is 3. The summed E-state index contributed by atoms with van der Waals surface area (Å²) in [6.07, 6.45) is -1.09. The molecule has 1 atom stereocenters. The van der Waals surface area contributed by atoms with E-state index in [2.05, 4.69) is 20.5 Å². The van der Waals surface area contributed by atoms with E-state index in [1.54, 1.807) is 0 Å². The van der Waals surface area contributed by atoms with Gasteiger partial charge in [0, 0.05) is 12.5 Å². The van der Waals surface area contributed by atoms with Gasteiger partial charge in [-0.05, 0) is 0 Å². The second-order valence-electron chi connectivity index (χ2n) is 5.03. The number of methoxy groups -OCH3 is 1. The van der Waals surface area contributed by atoms with Gasteiger partial charge in [0.05, 0.1) is 6.54 Å². The van der Waals surface area contributed by atoms with Crippen molar-refractivity contribution in [2.24, 2.45) is 0 Å². The van der Waals surface area contributed by atoms with Crippen LogP contribution in [0.2, 0.25) is 0 Å². The molecule has 1 aromatic rings. The van der Waals surface area contributed by atoms with Crippen LogP contribution in [0, 0.1) is 0 Å². The van der Waals surface area contributed by atoms with E-state index in [1.807, 2.05) is 20.8 Å². The van der Waals surface area contributed by atoms with Crippen molar-refractivity contribution in [3.63, 3.8) is 0 Å². The lowest BCUT2D eigenvalue weighted by molar-refractivity contribution is -0.148. The second-order valence-corrected chi connectivity index (χ2v) is 5.03. The molecule has 1 amide bonds. The van der Waals surface area contributed by atoms with Gasteiger partial charge in [0.25, 0.3) is 5.91 Å². The molecule has 0 bridgehead atoms. The molecule has 1 unspecified atom stereocenters. The molecule has 106 valence electrons. The van der Waals surface area contributed by atoms with E-state index in [4.69, 9.17) is 9.84 Å². The van der Waals surface area contributed by atoms with E-state index in [1.165, 1.54) is 7.11 Å². The molecule has 0 saturated heterocycles. The Bertz CT molecular complexity index is 464. The smallest absolute Gasteiger partial charge is 0.334 e. The first kappa shape index (κ1) is 15.1. The predicted molar refractivity (Wildman–Crippen MR) is 65.8 cm³/mol. The first-order valence-corrected chi connectivity index (χ1v) is 5.72. The molecular weight excluding hydrogens is 252 g/mol. The average molecular weight is 270 g/mol. The van der Waals surface area contributed by atoms with Crippen molar-refractivity contribution in [2.45, 2.75) is 32.3 Å². The highest BCUT2D eigenvalue weighted by molar-refractivity contribution is 5.90. The lowest BCUT2D eigenvalue weighted by atomic mass is 9.96. The number of hydrogen-bond acceptors (Lipinski definition) is 5. The van der Waals surface area contributed by atoms with Crippen molar-refractivity contribution >= 4 is 11.9 Å². The van der Waals surface area contributed by atoms with Gasteiger partial charge in [0.2, 0.25) is 5.82 Å². The number of nitrogens with zero attached hydrogens (tertiary/aromatic N) is 2. The maximum absolute atomic E-state index is 11.7. The number of carbonyl (C=O) groups is 2. The predicted octanol–water partition coefficient (Wildman–Crippen LogP) is -0.0684. The maximum Gasteiger partial charge on any atom is 0.334 e. The molecule has 19 heavy (non-hydrogen) atoms. The van der Waals surface area contributed by atoms with Crippen molar-refractivity contribution < 1.29 is 19.4 Å². The summed E-state index contributed by atoms with van der Waals surface area (Å²) in [5.74, 6) is -1.13. The summed E-state index contributed by atoms with van der Waals surface area (Å²) in [5.41, 5.74) is -0.248. The first-order chi connectivity index (χ1) is 8.75. The third-order valence-electron chi connectivity index (χ3n) is 2.41. The normalized spacial score (nSPS) is 13.1. The minimum absolute atomic E-state index is 0.0230. The van der Waals surface area contributed by atoms with E-state index in [-0.39, 0.29) is 17.8 Å². The Balaban J connectivity index is 2.64. The van der Waals surface area contributed by atoms with Crippen LogP contribution in [0.4, 0.5) is 0 Å². The zero-order chi connectivity index (χ0) is 14.6. The molecule has 1 aromatic heterocycles. The molecule has 8 nitrogen and oxygen atoms in total. The van der Waals surface area contributed by atoms with Crippen LogP contribution >= 0.6 is 0 Å². The van der Waals surface area contributed by atoms with Gasteiger partial charge < -0.3 is 15.2 Å². The summed E-state index contributed by atoms with van der Waals surface area (Å²) in [6.45, 7) is 5.64. The van der Waals surface area contributed by atoms with E-state index in [0.717, 1.165) is 0 Å². The third-order valence-corrected chi connectivity index (χ3v) is 2.41. The van der Waals surface area contributed by atoms with Crippen molar-refractivity contribution in [1.29, 1.82) is 0 Å². The molecule has 1 heterocycles. The van der Waals surface area contributed by atoms with Gasteiger partial charge in [-0.2, -0.15) is 0 Å². The number of nitrogens with one attached hydrogen (secondary N) is 2. The van der Waals surface area contributed by atoms with Crippen molar-refractivity contribution in [2.75, 3.05) is 13.7 Å². The zero-order valence-electron chi connectivity index (χ0n) is 11.4. The Morgan fingerprint density at radius 2 is 2.11 bits per heavy atom. The topological polar surface area (TPSA) is 117 Å². The number of carboxylic acid groups (broad SMARTS) is 1. The summed E-state index contributed by atoms with van der Waals surface area (Å²) in [6, 6.07) is 0. The van der Waals surface area contributed by atoms with Crippen LogP contribution < -0.4 is 5.32 Å². The quantitative estimate of drug-likeness (QED) is 0.689. The van der Waals surface area contributed by atoms with Gasteiger partial charge in [0.1, 0.15) is 5.82 Å². The maximum atomic E-state index is 11.7. The molecule has 1 rings (SSSR count). The molecule has 0 aliphatic heterocycles. The minimum Gasteiger partial charge on any atom is -0.479 e. The monoisotopic (exact) mass is 270 g/mol. The van der Waals surface area contributed by atoms with Crippen molar-refractivity contribution in [3.05, 3.63) is 11.6 Å².